The van der Waals surface area contributed by atoms with E-state index in [9.17, 15) is 0 Å². The van der Waals surface area contributed by atoms with Crippen LogP contribution in [-0.4, -0.2) is 50.3 Å². The third-order valence-electron chi connectivity index (χ3n) is 3.10. The van der Waals surface area contributed by atoms with Crippen LogP contribution in [-0.2, 0) is 4.74 Å². The molecule has 0 bridgehead atoms. The molecule has 1 rings (SSSR count). The van der Waals surface area contributed by atoms with Crippen molar-refractivity contribution in [3.63, 3.8) is 0 Å². The number of nitrogens with one attached hydrogen (secondary N) is 1. The fourth-order valence-electron chi connectivity index (χ4n) is 1.94. The minimum atomic E-state index is 0.655. The average molecular weight is 200 g/mol. The Bertz CT molecular complexity index is 152. The van der Waals surface area contributed by atoms with Gasteiger partial charge in [-0.1, -0.05) is 0 Å². The summed E-state index contributed by atoms with van der Waals surface area (Å²) in [6.07, 6.45) is 2.40. The van der Waals surface area contributed by atoms with Crippen molar-refractivity contribution in [3.8, 4) is 0 Å². The Morgan fingerprint density at radius 3 is 3.00 bits per heavy atom. The molecule has 0 aromatic carbocycles. The van der Waals surface area contributed by atoms with E-state index in [1.54, 1.807) is 7.11 Å². The first-order chi connectivity index (χ1) is 6.74. The molecule has 0 aromatic heterocycles. The van der Waals surface area contributed by atoms with Crippen molar-refractivity contribution >= 4 is 0 Å². The van der Waals surface area contributed by atoms with Gasteiger partial charge in [-0.2, -0.15) is 0 Å². The summed E-state index contributed by atoms with van der Waals surface area (Å²) in [7, 11) is 1.78. The topological polar surface area (TPSA) is 24.5 Å². The molecule has 1 fully saturated rings. The van der Waals surface area contributed by atoms with Gasteiger partial charge in [0.25, 0.3) is 0 Å². The van der Waals surface area contributed by atoms with E-state index in [4.69, 9.17) is 4.74 Å². The number of methoxy groups -OCH3 is 1. The Labute approximate surface area is 87.8 Å². The summed E-state index contributed by atoms with van der Waals surface area (Å²) < 4.78 is 5.11. The molecule has 0 spiro atoms. The summed E-state index contributed by atoms with van der Waals surface area (Å²) in [4.78, 5) is 2.56. The second-order valence-corrected chi connectivity index (χ2v) is 4.31. The second kappa shape index (κ2) is 6.38. The van der Waals surface area contributed by atoms with Gasteiger partial charge in [0.1, 0.15) is 0 Å². The van der Waals surface area contributed by atoms with E-state index >= 15 is 0 Å². The summed E-state index contributed by atoms with van der Waals surface area (Å²) in [5.74, 6) is 0. The summed E-state index contributed by atoms with van der Waals surface area (Å²) in [6, 6.07) is 1.33. The molecule has 0 aliphatic carbocycles. The fourth-order valence-corrected chi connectivity index (χ4v) is 1.94. The first-order valence-corrected chi connectivity index (χ1v) is 5.70. The van der Waals surface area contributed by atoms with E-state index in [1.807, 2.05) is 0 Å². The van der Waals surface area contributed by atoms with Crippen molar-refractivity contribution in [2.45, 2.75) is 38.8 Å². The molecule has 3 heteroatoms. The molecule has 0 saturated carbocycles. The predicted molar refractivity (Wildman–Crippen MR) is 59.6 cm³/mol. The molecule has 0 aromatic rings. The molecule has 1 heterocycles. The lowest BCUT2D eigenvalue weighted by atomic mass is 10.2. The van der Waals surface area contributed by atoms with Gasteiger partial charge in [-0.25, -0.2) is 0 Å². The van der Waals surface area contributed by atoms with E-state index in [1.165, 1.54) is 19.5 Å². The lowest BCUT2D eigenvalue weighted by Gasteiger charge is -2.27. The van der Waals surface area contributed by atoms with Crippen molar-refractivity contribution in [2.24, 2.45) is 0 Å². The van der Waals surface area contributed by atoms with Crippen LogP contribution in [0.3, 0.4) is 0 Å². The molecule has 14 heavy (non-hydrogen) atoms. The SMILES string of the molecule is COCCC(C)N1CCNC(C)CC1. The van der Waals surface area contributed by atoms with Crippen molar-refractivity contribution < 1.29 is 4.74 Å². The molecule has 2 unspecified atom stereocenters. The molecule has 0 amide bonds. The predicted octanol–water partition coefficient (Wildman–Crippen LogP) is 1.10. The van der Waals surface area contributed by atoms with E-state index in [2.05, 4.69) is 24.1 Å². The van der Waals surface area contributed by atoms with Crippen LogP contribution >= 0.6 is 0 Å². The molecule has 1 saturated heterocycles. The van der Waals surface area contributed by atoms with Gasteiger partial charge in [-0.15, -0.1) is 0 Å². The Kier molecular flexibility index (Phi) is 5.45. The Morgan fingerprint density at radius 2 is 2.29 bits per heavy atom. The van der Waals surface area contributed by atoms with Crippen molar-refractivity contribution in [1.82, 2.24) is 10.2 Å². The van der Waals surface area contributed by atoms with Crippen LogP contribution in [0.25, 0.3) is 0 Å². The number of hydrogen-bond acceptors (Lipinski definition) is 3. The number of nitrogens with zero attached hydrogens (tertiary/aromatic N) is 1. The summed E-state index contributed by atoms with van der Waals surface area (Å²) in [5, 5.41) is 3.51. The molecule has 1 aliphatic heterocycles. The second-order valence-electron chi connectivity index (χ2n) is 4.31. The molecule has 0 radical (unpaired) electrons. The van der Waals surface area contributed by atoms with Crippen LogP contribution in [0, 0.1) is 0 Å². The summed E-state index contributed by atoms with van der Waals surface area (Å²) in [5.41, 5.74) is 0. The summed E-state index contributed by atoms with van der Waals surface area (Å²) in [6.45, 7) is 8.96. The minimum Gasteiger partial charge on any atom is -0.385 e. The molecule has 1 N–H and O–H groups in total. The molecule has 3 nitrogen and oxygen atoms in total. The van der Waals surface area contributed by atoms with Crippen molar-refractivity contribution in [3.05, 3.63) is 0 Å². The Hall–Kier alpha value is -0.120. The zero-order valence-corrected chi connectivity index (χ0v) is 9.75. The van der Waals surface area contributed by atoms with E-state index in [0.29, 0.717) is 12.1 Å². The fraction of sp³-hybridized carbons (Fsp3) is 1.00. The van der Waals surface area contributed by atoms with Gasteiger partial charge in [0.15, 0.2) is 0 Å². The number of ether oxygens (including phenoxy) is 1. The minimum absolute atomic E-state index is 0.655. The third kappa shape index (κ3) is 3.95. The van der Waals surface area contributed by atoms with Gasteiger partial charge in [0, 0.05) is 38.9 Å². The molecular weight excluding hydrogens is 176 g/mol. The highest BCUT2D eigenvalue weighted by Gasteiger charge is 2.17. The van der Waals surface area contributed by atoms with Crippen LogP contribution in [0.4, 0.5) is 0 Å². The third-order valence-corrected chi connectivity index (χ3v) is 3.10. The first kappa shape index (κ1) is 12.0. The molecule has 84 valence electrons. The van der Waals surface area contributed by atoms with Gasteiger partial charge >= 0.3 is 0 Å². The normalized spacial score (nSPS) is 27.2. The molecule has 2 atom stereocenters. The zero-order chi connectivity index (χ0) is 10.4. The van der Waals surface area contributed by atoms with Crippen LogP contribution in [0.5, 0.6) is 0 Å². The standard InChI is InChI=1S/C11H24N2O/c1-10-4-7-13(8-6-12-10)11(2)5-9-14-3/h10-12H,4-9H2,1-3H3. The number of hydrogen-bond donors (Lipinski definition) is 1. The average Bonchev–Trinajstić information content (AvgIpc) is 2.39. The summed E-state index contributed by atoms with van der Waals surface area (Å²) >= 11 is 0. The van der Waals surface area contributed by atoms with Crippen LogP contribution < -0.4 is 5.32 Å². The van der Waals surface area contributed by atoms with Gasteiger partial charge < -0.3 is 10.1 Å². The van der Waals surface area contributed by atoms with E-state index < -0.39 is 0 Å². The van der Waals surface area contributed by atoms with Gasteiger partial charge in [0.05, 0.1) is 0 Å². The van der Waals surface area contributed by atoms with E-state index in [-0.39, 0.29) is 0 Å². The van der Waals surface area contributed by atoms with Gasteiger partial charge in [-0.3, -0.25) is 4.90 Å². The lowest BCUT2D eigenvalue weighted by Crippen LogP contribution is -2.36. The molecule has 1 aliphatic rings. The monoisotopic (exact) mass is 200 g/mol. The largest absolute Gasteiger partial charge is 0.385 e. The Balaban J connectivity index is 2.27. The number of rotatable bonds is 4. The highest BCUT2D eigenvalue weighted by Crippen LogP contribution is 2.08. The highest BCUT2D eigenvalue weighted by atomic mass is 16.5. The zero-order valence-electron chi connectivity index (χ0n) is 9.75. The van der Waals surface area contributed by atoms with Crippen LogP contribution in [0.2, 0.25) is 0 Å². The maximum atomic E-state index is 5.11. The van der Waals surface area contributed by atoms with Gasteiger partial charge in [0.2, 0.25) is 0 Å². The first-order valence-electron chi connectivity index (χ1n) is 5.70. The van der Waals surface area contributed by atoms with Crippen molar-refractivity contribution in [2.75, 3.05) is 33.4 Å². The Morgan fingerprint density at radius 1 is 1.50 bits per heavy atom. The van der Waals surface area contributed by atoms with E-state index in [0.717, 1.165) is 19.6 Å². The quantitative estimate of drug-likeness (QED) is 0.735. The lowest BCUT2D eigenvalue weighted by molar-refractivity contribution is 0.142. The van der Waals surface area contributed by atoms with Crippen LogP contribution in [0.1, 0.15) is 26.7 Å². The smallest absolute Gasteiger partial charge is 0.0477 e. The maximum Gasteiger partial charge on any atom is 0.0477 e. The maximum absolute atomic E-state index is 5.11. The molecular formula is C11H24N2O. The van der Waals surface area contributed by atoms with Crippen LogP contribution in [0.15, 0.2) is 0 Å². The van der Waals surface area contributed by atoms with Crippen molar-refractivity contribution in [1.29, 1.82) is 0 Å². The highest BCUT2D eigenvalue weighted by molar-refractivity contribution is 4.75. The van der Waals surface area contributed by atoms with Gasteiger partial charge in [-0.05, 0) is 33.2 Å².